The molecule has 1 unspecified atom stereocenters. The Morgan fingerprint density at radius 2 is 1.76 bits per heavy atom. The molecule has 0 aromatic heterocycles. The van der Waals surface area contributed by atoms with Crippen molar-refractivity contribution < 1.29 is 30.8 Å². The van der Waals surface area contributed by atoms with E-state index in [1.54, 1.807) is 35.8 Å². The number of amides is 1. The first kappa shape index (κ1) is 20.8. The van der Waals surface area contributed by atoms with Gasteiger partial charge in [0.15, 0.2) is 9.84 Å². The Bertz CT molecular complexity index is 1100. The molecule has 3 rings (SSSR count). The zero-order chi connectivity index (χ0) is 21.6. The van der Waals surface area contributed by atoms with Gasteiger partial charge in [0.05, 0.1) is 10.6 Å². The highest BCUT2D eigenvalue weighted by Crippen LogP contribution is 2.40. The van der Waals surface area contributed by atoms with E-state index in [1.807, 2.05) is 0 Å². The average Bonchev–Trinajstić information content (AvgIpc) is 3.01. The Morgan fingerprint density at radius 3 is 2.28 bits per heavy atom. The van der Waals surface area contributed by atoms with Crippen LogP contribution in [0.3, 0.4) is 0 Å². The lowest BCUT2D eigenvalue weighted by Gasteiger charge is -2.27. The summed E-state index contributed by atoms with van der Waals surface area (Å²) in [6, 6.07) is 12.1. The van der Waals surface area contributed by atoms with E-state index in [4.69, 9.17) is 5.73 Å². The van der Waals surface area contributed by atoms with Crippen LogP contribution in [-0.2, 0) is 14.6 Å². The number of primary amides is 1. The lowest BCUT2D eigenvalue weighted by Crippen LogP contribution is -2.54. The maximum atomic E-state index is 14.4. The van der Waals surface area contributed by atoms with Gasteiger partial charge in [-0.2, -0.15) is 18.6 Å². The molecule has 0 fully saturated rings. The number of rotatable bonds is 4. The third-order valence-corrected chi connectivity index (χ3v) is 5.36. The second kappa shape index (κ2) is 6.85. The molecule has 6 nitrogen and oxygen atoms in total. The molecule has 3 N–H and O–H groups in total. The second-order valence-electron chi connectivity index (χ2n) is 6.37. The zero-order valence-electron chi connectivity index (χ0n) is 14.9. The van der Waals surface area contributed by atoms with Crippen LogP contribution in [0, 0.1) is 0 Å². The lowest BCUT2D eigenvalue weighted by atomic mass is 10.1. The van der Waals surface area contributed by atoms with Crippen molar-refractivity contribution in [3.8, 4) is 11.1 Å². The van der Waals surface area contributed by atoms with Gasteiger partial charge in [-0.25, -0.2) is 12.8 Å². The first-order valence-corrected chi connectivity index (χ1v) is 9.98. The van der Waals surface area contributed by atoms with Crippen LogP contribution in [0.25, 0.3) is 11.1 Å². The fraction of sp³-hybridized carbons (Fsp3) is 0.167. The Balaban J connectivity index is 2.15. The molecular weight excluding hydrogens is 414 g/mol. The van der Waals surface area contributed by atoms with Crippen LogP contribution in [0.1, 0.15) is 0 Å². The van der Waals surface area contributed by atoms with Crippen LogP contribution >= 0.6 is 0 Å². The van der Waals surface area contributed by atoms with Crippen molar-refractivity contribution >= 4 is 21.4 Å². The summed E-state index contributed by atoms with van der Waals surface area (Å²) in [6.07, 6.45) is -4.44. The van der Waals surface area contributed by atoms with E-state index in [1.165, 1.54) is 12.1 Å². The molecule has 1 aliphatic heterocycles. The van der Waals surface area contributed by atoms with Gasteiger partial charge in [-0.05, 0) is 17.7 Å². The van der Waals surface area contributed by atoms with E-state index in [-0.39, 0.29) is 16.7 Å². The average molecular weight is 429 g/mol. The summed E-state index contributed by atoms with van der Waals surface area (Å²) in [5, 5.41) is 0.485. The molecule has 0 bridgehead atoms. The van der Waals surface area contributed by atoms with E-state index in [9.17, 15) is 30.8 Å². The van der Waals surface area contributed by atoms with Crippen molar-refractivity contribution in [2.24, 2.45) is 5.73 Å². The van der Waals surface area contributed by atoms with Crippen LogP contribution in [-0.4, -0.2) is 32.5 Å². The number of alkyl halides is 4. The quantitative estimate of drug-likeness (QED) is 0.576. The summed E-state index contributed by atoms with van der Waals surface area (Å²) < 4.78 is 78.2. The standard InChI is InChI=1S/C18H15F4N3O3S/c1-29(27,28)15-9-12(7-8-13(15)11-5-3-2-4-6-11)25-14(16(23)26)10-17(19,24-25)18(20,21)22/h2-10,24H,1H3,(H2,23,26). The SMILES string of the molecule is CS(=O)(=O)c1cc(N2NC(F)(C(F)(F)F)C=C2C(N)=O)ccc1-c1ccccc1. The minimum Gasteiger partial charge on any atom is -0.364 e. The smallest absolute Gasteiger partial charge is 0.364 e. The number of nitrogens with two attached hydrogens (primary N) is 1. The molecular formula is C18H15F4N3O3S. The number of nitrogens with zero attached hydrogens (tertiary/aromatic N) is 1. The number of sulfone groups is 1. The van der Waals surface area contributed by atoms with E-state index >= 15 is 0 Å². The van der Waals surface area contributed by atoms with Gasteiger partial charge in [-0.3, -0.25) is 9.80 Å². The summed E-state index contributed by atoms with van der Waals surface area (Å²) in [7, 11) is -3.83. The number of carbonyl (C=O) groups is 1. The van der Waals surface area contributed by atoms with Crippen LogP contribution in [0.5, 0.6) is 0 Å². The zero-order valence-corrected chi connectivity index (χ0v) is 15.7. The number of benzene rings is 2. The van der Waals surface area contributed by atoms with Gasteiger partial charge in [0.1, 0.15) is 5.70 Å². The van der Waals surface area contributed by atoms with Gasteiger partial charge >= 0.3 is 6.18 Å². The lowest BCUT2D eigenvalue weighted by molar-refractivity contribution is -0.220. The molecule has 11 heteroatoms. The molecule has 0 spiro atoms. The van der Waals surface area contributed by atoms with E-state index in [0.29, 0.717) is 16.1 Å². The predicted octanol–water partition coefficient (Wildman–Crippen LogP) is 2.68. The Labute approximate surface area is 163 Å². The van der Waals surface area contributed by atoms with Crippen LogP contribution < -0.4 is 16.2 Å². The first-order valence-electron chi connectivity index (χ1n) is 8.09. The first-order chi connectivity index (χ1) is 13.3. The summed E-state index contributed by atoms with van der Waals surface area (Å²) >= 11 is 0. The molecule has 0 radical (unpaired) electrons. The molecule has 1 aliphatic rings. The molecule has 0 saturated heterocycles. The van der Waals surface area contributed by atoms with Gasteiger partial charge in [0.25, 0.3) is 11.7 Å². The minimum absolute atomic E-state index is 0.0144. The highest BCUT2D eigenvalue weighted by Gasteiger charge is 2.59. The number of hydrogen-bond acceptors (Lipinski definition) is 5. The number of hydrogen-bond donors (Lipinski definition) is 2. The van der Waals surface area contributed by atoms with Crippen molar-refractivity contribution in [1.82, 2.24) is 5.43 Å². The highest BCUT2D eigenvalue weighted by molar-refractivity contribution is 7.90. The molecule has 154 valence electrons. The summed E-state index contributed by atoms with van der Waals surface area (Å²) in [6.45, 7) is 0. The van der Waals surface area contributed by atoms with Gasteiger partial charge < -0.3 is 5.73 Å². The van der Waals surface area contributed by atoms with Gasteiger partial charge in [0, 0.05) is 17.9 Å². The summed E-state index contributed by atoms with van der Waals surface area (Å²) in [4.78, 5) is 11.4. The fourth-order valence-corrected chi connectivity index (χ4v) is 3.77. The van der Waals surface area contributed by atoms with E-state index in [2.05, 4.69) is 0 Å². The van der Waals surface area contributed by atoms with Gasteiger partial charge in [0.2, 0.25) is 0 Å². The van der Waals surface area contributed by atoms with Crippen LogP contribution in [0.4, 0.5) is 23.2 Å². The van der Waals surface area contributed by atoms with Crippen molar-refractivity contribution in [2.45, 2.75) is 16.9 Å². The van der Waals surface area contributed by atoms with Crippen LogP contribution in [0.15, 0.2) is 65.2 Å². The van der Waals surface area contributed by atoms with E-state index < -0.39 is 33.4 Å². The van der Waals surface area contributed by atoms with Crippen molar-refractivity contribution in [3.63, 3.8) is 0 Å². The Morgan fingerprint density at radius 1 is 1.14 bits per heavy atom. The van der Waals surface area contributed by atoms with Crippen molar-refractivity contribution in [2.75, 3.05) is 11.3 Å². The Hall–Kier alpha value is -2.92. The summed E-state index contributed by atoms with van der Waals surface area (Å²) in [5.74, 6) is -5.37. The molecule has 29 heavy (non-hydrogen) atoms. The maximum absolute atomic E-state index is 14.4. The predicted molar refractivity (Wildman–Crippen MR) is 97.8 cm³/mol. The second-order valence-corrected chi connectivity index (χ2v) is 8.35. The molecule has 2 aromatic rings. The molecule has 1 atom stereocenters. The third kappa shape index (κ3) is 3.83. The number of anilines is 1. The fourth-order valence-electron chi connectivity index (χ4n) is 2.85. The molecule has 2 aromatic carbocycles. The highest BCUT2D eigenvalue weighted by atomic mass is 32.2. The monoisotopic (exact) mass is 429 g/mol. The number of halogens is 4. The van der Waals surface area contributed by atoms with E-state index in [0.717, 1.165) is 12.3 Å². The largest absolute Gasteiger partial charge is 0.442 e. The van der Waals surface area contributed by atoms with Gasteiger partial charge in [-0.1, -0.05) is 36.4 Å². The van der Waals surface area contributed by atoms with Gasteiger partial charge in [-0.15, -0.1) is 0 Å². The third-order valence-electron chi connectivity index (χ3n) is 4.22. The van der Waals surface area contributed by atoms with Crippen molar-refractivity contribution in [3.05, 3.63) is 60.3 Å². The minimum atomic E-state index is -5.38. The van der Waals surface area contributed by atoms with Crippen molar-refractivity contribution in [1.29, 1.82) is 0 Å². The molecule has 1 heterocycles. The molecule has 0 saturated carbocycles. The number of carbonyl (C=O) groups excluding carboxylic acids is 1. The molecule has 1 amide bonds. The normalized spacial score (nSPS) is 19.9. The topological polar surface area (TPSA) is 92.5 Å². The maximum Gasteiger partial charge on any atom is 0.442 e. The molecule has 0 aliphatic carbocycles. The number of nitrogens with one attached hydrogen (secondary N) is 1. The Kier molecular flexibility index (Phi) is 4.91. The number of hydrazine groups is 1. The van der Waals surface area contributed by atoms with Crippen LogP contribution in [0.2, 0.25) is 0 Å². The summed E-state index contributed by atoms with van der Waals surface area (Å²) in [5.41, 5.74) is 6.47.